The standard InChI is InChI=1S/C16H24FNO3/c1-5-6-14(15(19)20)21-13-8-11(7-12(17)9-13)10-18-16(2,3)4/h7-9,14,18H,5-6,10H2,1-4H3,(H,19,20). The van der Waals surface area contributed by atoms with Gasteiger partial charge in [-0.05, 0) is 44.9 Å². The molecule has 1 unspecified atom stereocenters. The molecule has 2 N–H and O–H groups in total. The van der Waals surface area contributed by atoms with Gasteiger partial charge in [-0.3, -0.25) is 0 Å². The molecule has 1 atom stereocenters. The molecule has 5 heteroatoms. The van der Waals surface area contributed by atoms with Gasteiger partial charge in [0.05, 0.1) is 0 Å². The summed E-state index contributed by atoms with van der Waals surface area (Å²) in [5, 5.41) is 12.3. The normalized spacial score (nSPS) is 13.0. The molecule has 1 aromatic carbocycles. The van der Waals surface area contributed by atoms with Crippen LogP contribution in [0.2, 0.25) is 0 Å². The third-order valence-electron chi connectivity index (χ3n) is 2.86. The first kappa shape index (κ1) is 17.4. The topological polar surface area (TPSA) is 58.6 Å². The summed E-state index contributed by atoms with van der Waals surface area (Å²) < 4.78 is 19.0. The highest BCUT2D eigenvalue weighted by molar-refractivity contribution is 5.72. The SMILES string of the molecule is CCCC(Oc1cc(F)cc(CNC(C)(C)C)c1)C(=O)O. The van der Waals surface area contributed by atoms with E-state index in [9.17, 15) is 9.18 Å². The van der Waals surface area contributed by atoms with E-state index in [1.165, 1.54) is 12.1 Å². The Kier molecular flexibility index (Phi) is 6.15. The van der Waals surface area contributed by atoms with E-state index < -0.39 is 17.9 Å². The highest BCUT2D eigenvalue weighted by atomic mass is 19.1. The summed E-state index contributed by atoms with van der Waals surface area (Å²) in [5.74, 6) is -1.21. The Bertz CT molecular complexity index is 483. The van der Waals surface area contributed by atoms with Gasteiger partial charge >= 0.3 is 5.97 Å². The van der Waals surface area contributed by atoms with Gasteiger partial charge in [-0.15, -0.1) is 0 Å². The highest BCUT2D eigenvalue weighted by Crippen LogP contribution is 2.20. The number of benzene rings is 1. The predicted molar refractivity (Wildman–Crippen MR) is 80.0 cm³/mol. The lowest BCUT2D eigenvalue weighted by molar-refractivity contribution is -0.145. The molecule has 0 radical (unpaired) electrons. The van der Waals surface area contributed by atoms with Crippen LogP contribution in [0.25, 0.3) is 0 Å². The fourth-order valence-electron chi connectivity index (χ4n) is 1.82. The highest BCUT2D eigenvalue weighted by Gasteiger charge is 2.19. The molecule has 118 valence electrons. The van der Waals surface area contributed by atoms with E-state index in [4.69, 9.17) is 9.84 Å². The molecule has 0 saturated heterocycles. The number of carboxylic acid groups (broad SMARTS) is 1. The molecule has 0 saturated carbocycles. The number of rotatable bonds is 7. The molecule has 1 aromatic rings. The molecule has 4 nitrogen and oxygen atoms in total. The van der Waals surface area contributed by atoms with Crippen LogP contribution in [0.15, 0.2) is 18.2 Å². The molecule has 0 heterocycles. The Morgan fingerprint density at radius 2 is 2.05 bits per heavy atom. The number of hydrogen-bond acceptors (Lipinski definition) is 3. The number of nitrogens with one attached hydrogen (secondary N) is 1. The molecule has 21 heavy (non-hydrogen) atoms. The van der Waals surface area contributed by atoms with Crippen LogP contribution in [0.5, 0.6) is 5.75 Å². The van der Waals surface area contributed by atoms with Crippen LogP contribution in [-0.4, -0.2) is 22.7 Å². The van der Waals surface area contributed by atoms with Crippen molar-refractivity contribution in [1.82, 2.24) is 5.32 Å². The van der Waals surface area contributed by atoms with Crippen LogP contribution in [0.3, 0.4) is 0 Å². The molecule has 0 aliphatic carbocycles. The molecule has 0 spiro atoms. The van der Waals surface area contributed by atoms with E-state index in [0.717, 1.165) is 5.56 Å². The molecular weight excluding hydrogens is 273 g/mol. The molecular formula is C16H24FNO3. The maximum Gasteiger partial charge on any atom is 0.344 e. The summed E-state index contributed by atoms with van der Waals surface area (Å²) in [4.78, 5) is 11.1. The fourth-order valence-corrected chi connectivity index (χ4v) is 1.82. The smallest absolute Gasteiger partial charge is 0.344 e. The Hall–Kier alpha value is -1.62. The molecule has 1 rings (SSSR count). The predicted octanol–water partition coefficient (Wildman–Crippen LogP) is 3.35. The number of aliphatic carboxylic acids is 1. The Balaban J connectivity index is 2.83. The maximum absolute atomic E-state index is 13.6. The second kappa shape index (κ2) is 7.41. The monoisotopic (exact) mass is 297 g/mol. The summed E-state index contributed by atoms with van der Waals surface area (Å²) in [6, 6.07) is 4.31. The van der Waals surface area contributed by atoms with Gasteiger partial charge in [0.1, 0.15) is 11.6 Å². The summed E-state index contributed by atoms with van der Waals surface area (Å²) >= 11 is 0. The van der Waals surface area contributed by atoms with Crippen LogP contribution in [0.4, 0.5) is 4.39 Å². The minimum absolute atomic E-state index is 0.0842. The van der Waals surface area contributed by atoms with Crippen LogP contribution in [-0.2, 0) is 11.3 Å². The Morgan fingerprint density at radius 1 is 1.38 bits per heavy atom. The van der Waals surface area contributed by atoms with Crippen molar-refractivity contribution in [3.63, 3.8) is 0 Å². The first-order valence-corrected chi connectivity index (χ1v) is 7.15. The lowest BCUT2D eigenvalue weighted by Crippen LogP contribution is -2.35. The lowest BCUT2D eigenvalue weighted by atomic mass is 10.1. The third kappa shape index (κ3) is 6.58. The van der Waals surface area contributed by atoms with Crippen molar-refractivity contribution in [1.29, 1.82) is 0 Å². The van der Waals surface area contributed by atoms with Crippen molar-refractivity contribution in [2.45, 2.75) is 58.7 Å². The van der Waals surface area contributed by atoms with Gasteiger partial charge in [-0.25, -0.2) is 9.18 Å². The summed E-state index contributed by atoms with van der Waals surface area (Å²) in [7, 11) is 0. The van der Waals surface area contributed by atoms with Crippen LogP contribution in [0.1, 0.15) is 46.1 Å². The zero-order chi connectivity index (χ0) is 16.0. The number of ether oxygens (including phenoxy) is 1. The van der Waals surface area contributed by atoms with Gasteiger partial charge in [0.2, 0.25) is 0 Å². The van der Waals surface area contributed by atoms with Gasteiger partial charge in [0, 0.05) is 18.2 Å². The largest absolute Gasteiger partial charge is 0.479 e. The van der Waals surface area contributed by atoms with E-state index in [1.54, 1.807) is 6.07 Å². The van der Waals surface area contributed by atoms with Gasteiger partial charge in [0.15, 0.2) is 6.10 Å². The molecule has 0 aliphatic rings. The van der Waals surface area contributed by atoms with Crippen molar-refractivity contribution in [3.05, 3.63) is 29.6 Å². The first-order valence-electron chi connectivity index (χ1n) is 7.15. The second-order valence-corrected chi connectivity index (χ2v) is 6.13. The summed E-state index contributed by atoms with van der Waals surface area (Å²) in [6.07, 6.45) is 0.131. The van der Waals surface area contributed by atoms with Crippen molar-refractivity contribution in [2.24, 2.45) is 0 Å². The van der Waals surface area contributed by atoms with Crippen LogP contribution < -0.4 is 10.1 Å². The van der Waals surface area contributed by atoms with Gasteiger partial charge < -0.3 is 15.2 Å². The average molecular weight is 297 g/mol. The van der Waals surface area contributed by atoms with E-state index >= 15 is 0 Å². The zero-order valence-corrected chi connectivity index (χ0v) is 13.1. The van der Waals surface area contributed by atoms with E-state index in [-0.39, 0.29) is 11.3 Å². The molecule has 0 aliphatic heterocycles. The number of carboxylic acids is 1. The quantitative estimate of drug-likeness (QED) is 0.810. The second-order valence-electron chi connectivity index (χ2n) is 6.13. The van der Waals surface area contributed by atoms with Gasteiger partial charge in [-0.2, -0.15) is 0 Å². The van der Waals surface area contributed by atoms with Crippen LogP contribution >= 0.6 is 0 Å². The third-order valence-corrected chi connectivity index (χ3v) is 2.86. The number of carbonyl (C=O) groups is 1. The van der Waals surface area contributed by atoms with E-state index in [0.29, 0.717) is 19.4 Å². The Labute approximate surface area is 125 Å². The van der Waals surface area contributed by atoms with Gasteiger partial charge in [0.25, 0.3) is 0 Å². The first-order chi connectivity index (χ1) is 9.71. The maximum atomic E-state index is 13.6. The lowest BCUT2D eigenvalue weighted by Gasteiger charge is -2.21. The van der Waals surface area contributed by atoms with Crippen molar-refractivity contribution in [3.8, 4) is 5.75 Å². The average Bonchev–Trinajstić information content (AvgIpc) is 2.34. The molecule has 0 fully saturated rings. The zero-order valence-electron chi connectivity index (χ0n) is 13.1. The van der Waals surface area contributed by atoms with Crippen molar-refractivity contribution in [2.75, 3.05) is 0 Å². The summed E-state index contributed by atoms with van der Waals surface area (Å²) in [6.45, 7) is 8.43. The van der Waals surface area contributed by atoms with Crippen LogP contribution in [0, 0.1) is 5.82 Å². The number of halogens is 1. The van der Waals surface area contributed by atoms with Crippen molar-refractivity contribution >= 4 is 5.97 Å². The molecule has 0 bridgehead atoms. The number of hydrogen-bond donors (Lipinski definition) is 2. The van der Waals surface area contributed by atoms with Crippen molar-refractivity contribution < 1.29 is 19.0 Å². The fraction of sp³-hybridized carbons (Fsp3) is 0.562. The summed E-state index contributed by atoms with van der Waals surface area (Å²) in [5.41, 5.74) is 0.639. The van der Waals surface area contributed by atoms with Gasteiger partial charge in [-0.1, -0.05) is 13.3 Å². The minimum Gasteiger partial charge on any atom is -0.479 e. The minimum atomic E-state index is -1.03. The molecule has 0 amide bonds. The van der Waals surface area contributed by atoms with E-state index in [1.807, 2.05) is 27.7 Å². The van der Waals surface area contributed by atoms with E-state index in [2.05, 4.69) is 5.32 Å². The molecule has 0 aromatic heterocycles. The Morgan fingerprint density at radius 3 is 2.57 bits per heavy atom.